The molecule has 9 nitrogen and oxygen atoms in total. The van der Waals surface area contributed by atoms with Crippen molar-refractivity contribution in [3.8, 4) is 6.07 Å². The molecular formula is C30H40N4O5SSi. The van der Waals surface area contributed by atoms with Gasteiger partial charge in [0.1, 0.15) is 5.75 Å². The fourth-order valence-electron chi connectivity index (χ4n) is 5.44. The summed E-state index contributed by atoms with van der Waals surface area (Å²) >= 11 is 0. The van der Waals surface area contributed by atoms with Crippen LogP contribution in [0.1, 0.15) is 55.7 Å². The van der Waals surface area contributed by atoms with Gasteiger partial charge in [-0.2, -0.15) is 5.26 Å². The van der Waals surface area contributed by atoms with Crippen molar-refractivity contribution in [1.82, 2.24) is 10.2 Å². The molecule has 11 heteroatoms. The van der Waals surface area contributed by atoms with E-state index in [2.05, 4.69) is 55.5 Å². The van der Waals surface area contributed by atoms with Crippen LogP contribution >= 0.6 is 0 Å². The maximum absolute atomic E-state index is 13.6. The van der Waals surface area contributed by atoms with E-state index in [0.29, 0.717) is 17.7 Å². The standard InChI is InChI=1S/C30H40N4O5SSi/c1-30(2,3)41(5,6)39-23-12-13-34(17-23)18-24(21-9-7-8-20(14-21)16-31)28(29(36)32-4)22-10-11-26-25(15-22)33-27(35)19-40(26,37)38/h7-11,14-15,23-24,28H,12-13,17-19H2,1-6H3,(H,32,36)(H,33,35)/t23-,24+,28?/m0/s1. The van der Waals surface area contributed by atoms with Gasteiger partial charge in [-0.15, -0.1) is 0 Å². The smallest absolute Gasteiger partial charge is 0.239 e. The van der Waals surface area contributed by atoms with Gasteiger partial charge in [0.2, 0.25) is 11.8 Å². The number of likely N-dealkylation sites (tertiary alicyclic amines) is 1. The fraction of sp³-hybridized carbons (Fsp3) is 0.500. The molecule has 220 valence electrons. The van der Waals surface area contributed by atoms with E-state index in [1.54, 1.807) is 25.2 Å². The lowest BCUT2D eigenvalue weighted by Crippen LogP contribution is -2.44. The van der Waals surface area contributed by atoms with Crippen molar-refractivity contribution < 1.29 is 22.4 Å². The molecule has 1 saturated heterocycles. The highest BCUT2D eigenvalue weighted by Gasteiger charge is 2.41. The van der Waals surface area contributed by atoms with Crippen molar-refractivity contribution in [2.45, 2.75) is 68.2 Å². The summed E-state index contributed by atoms with van der Waals surface area (Å²) in [7, 11) is -4.14. The van der Waals surface area contributed by atoms with Crippen molar-refractivity contribution >= 4 is 35.7 Å². The molecule has 2 heterocycles. The number of anilines is 1. The molecular weight excluding hydrogens is 557 g/mol. The second kappa shape index (κ2) is 11.7. The van der Waals surface area contributed by atoms with Crippen molar-refractivity contribution in [2.75, 3.05) is 37.8 Å². The van der Waals surface area contributed by atoms with Crippen LogP contribution < -0.4 is 10.6 Å². The molecule has 41 heavy (non-hydrogen) atoms. The summed E-state index contributed by atoms with van der Waals surface area (Å²) in [6, 6.07) is 14.2. The van der Waals surface area contributed by atoms with Gasteiger partial charge in [0.25, 0.3) is 0 Å². The summed E-state index contributed by atoms with van der Waals surface area (Å²) in [5.74, 6) is -2.51. The van der Waals surface area contributed by atoms with E-state index < -0.39 is 35.7 Å². The number of nitrogens with one attached hydrogen (secondary N) is 2. The Bertz CT molecular complexity index is 1480. The quantitative estimate of drug-likeness (QED) is 0.441. The Morgan fingerprint density at radius 1 is 1.22 bits per heavy atom. The number of sulfone groups is 1. The van der Waals surface area contributed by atoms with Gasteiger partial charge in [0.05, 0.1) is 34.2 Å². The predicted molar refractivity (Wildman–Crippen MR) is 161 cm³/mol. The highest BCUT2D eigenvalue weighted by Crippen LogP contribution is 2.40. The molecule has 0 saturated carbocycles. The monoisotopic (exact) mass is 596 g/mol. The first-order valence-electron chi connectivity index (χ1n) is 13.9. The zero-order chi connectivity index (χ0) is 30.2. The van der Waals surface area contributed by atoms with Crippen LogP contribution in [0.4, 0.5) is 5.69 Å². The van der Waals surface area contributed by atoms with Crippen LogP contribution in [0.3, 0.4) is 0 Å². The zero-order valence-corrected chi connectivity index (χ0v) is 26.5. The van der Waals surface area contributed by atoms with Gasteiger partial charge in [0, 0.05) is 32.6 Å². The summed E-state index contributed by atoms with van der Waals surface area (Å²) in [4.78, 5) is 28.1. The highest BCUT2D eigenvalue weighted by molar-refractivity contribution is 7.92. The lowest BCUT2D eigenvalue weighted by Gasteiger charge is -2.38. The predicted octanol–water partition coefficient (Wildman–Crippen LogP) is 3.99. The van der Waals surface area contributed by atoms with Gasteiger partial charge in [-0.05, 0) is 59.9 Å². The molecule has 1 unspecified atom stereocenters. The molecule has 2 aromatic rings. The van der Waals surface area contributed by atoms with Crippen LogP contribution in [0.15, 0.2) is 47.4 Å². The third-order valence-electron chi connectivity index (χ3n) is 8.62. The Balaban J connectivity index is 1.71. The molecule has 2 N–H and O–H groups in total. The second-order valence-electron chi connectivity index (χ2n) is 12.5. The minimum atomic E-state index is -3.76. The normalized spacial score (nSPS) is 20.4. The van der Waals surface area contributed by atoms with E-state index in [1.165, 1.54) is 6.07 Å². The maximum atomic E-state index is 13.6. The van der Waals surface area contributed by atoms with Gasteiger partial charge in [0.15, 0.2) is 18.2 Å². The summed E-state index contributed by atoms with van der Waals surface area (Å²) in [5.41, 5.74) is 2.09. The number of fused-ring (bicyclic) bond motifs is 1. The number of likely N-dealkylation sites (N-methyl/N-ethyl adjacent to an activating group) is 1. The molecule has 1 fully saturated rings. The lowest BCUT2D eigenvalue weighted by molar-refractivity contribution is -0.122. The number of hydrogen-bond acceptors (Lipinski definition) is 7. The summed E-state index contributed by atoms with van der Waals surface area (Å²) in [6.07, 6.45) is 0.995. The van der Waals surface area contributed by atoms with E-state index >= 15 is 0 Å². The maximum Gasteiger partial charge on any atom is 0.239 e. The number of rotatable bonds is 8. The topological polar surface area (TPSA) is 129 Å². The van der Waals surface area contributed by atoms with Crippen molar-refractivity contribution in [2.24, 2.45) is 0 Å². The Morgan fingerprint density at radius 2 is 1.95 bits per heavy atom. The minimum absolute atomic E-state index is 0.0460. The number of nitrogens with zero attached hydrogens (tertiary/aromatic N) is 2. The Morgan fingerprint density at radius 3 is 2.61 bits per heavy atom. The van der Waals surface area contributed by atoms with Crippen LogP contribution in [0.25, 0.3) is 0 Å². The SMILES string of the molecule is CNC(=O)C(c1ccc2c(c1)NC(=O)CS2(=O)=O)[C@H](CN1CC[C@H](O[Si](C)(C)C(C)(C)C)C1)c1cccc(C#N)c1. The second-order valence-corrected chi connectivity index (χ2v) is 19.3. The van der Waals surface area contributed by atoms with Crippen LogP contribution in [0.5, 0.6) is 0 Å². The third kappa shape index (κ3) is 6.72. The van der Waals surface area contributed by atoms with E-state index in [-0.39, 0.29) is 33.6 Å². The Hall–Kier alpha value is -3.04. The summed E-state index contributed by atoms with van der Waals surface area (Å²) < 4.78 is 31.9. The van der Waals surface area contributed by atoms with Crippen LogP contribution in [-0.4, -0.2) is 72.0 Å². The first-order valence-corrected chi connectivity index (χ1v) is 18.5. The minimum Gasteiger partial charge on any atom is -0.413 e. The van der Waals surface area contributed by atoms with Crippen LogP contribution in [-0.2, 0) is 23.9 Å². The van der Waals surface area contributed by atoms with Gasteiger partial charge < -0.3 is 20.0 Å². The number of hydrogen-bond donors (Lipinski definition) is 2. The molecule has 2 aliphatic rings. The van der Waals surface area contributed by atoms with Gasteiger partial charge >= 0.3 is 0 Å². The molecule has 0 bridgehead atoms. The average Bonchev–Trinajstić information content (AvgIpc) is 3.32. The number of nitriles is 1. The number of carbonyl (C=O) groups is 2. The molecule has 0 radical (unpaired) electrons. The molecule has 3 atom stereocenters. The van der Waals surface area contributed by atoms with Gasteiger partial charge in [-0.3, -0.25) is 9.59 Å². The lowest BCUT2D eigenvalue weighted by atomic mass is 9.79. The van der Waals surface area contributed by atoms with E-state index in [9.17, 15) is 23.3 Å². The molecule has 2 amide bonds. The Labute approximate surface area is 244 Å². The van der Waals surface area contributed by atoms with Gasteiger partial charge in [-0.1, -0.05) is 39.0 Å². The van der Waals surface area contributed by atoms with Crippen molar-refractivity contribution in [3.05, 3.63) is 59.2 Å². The van der Waals surface area contributed by atoms with Crippen LogP contribution in [0.2, 0.25) is 18.1 Å². The van der Waals surface area contributed by atoms with E-state index in [1.807, 2.05) is 18.2 Å². The van der Waals surface area contributed by atoms with Crippen LogP contribution in [0, 0.1) is 11.3 Å². The molecule has 2 aliphatic heterocycles. The highest BCUT2D eigenvalue weighted by atomic mass is 32.2. The number of benzene rings is 2. The third-order valence-corrected chi connectivity index (χ3v) is 14.8. The molecule has 2 aromatic carbocycles. The van der Waals surface area contributed by atoms with Crippen molar-refractivity contribution in [3.63, 3.8) is 0 Å². The molecule has 0 aliphatic carbocycles. The molecule has 0 spiro atoms. The fourth-order valence-corrected chi connectivity index (χ4v) is 8.11. The van der Waals surface area contributed by atoms with E-state index in [0.717, 1.165) is 25.1 Å². The zero-order valence-electron chi connectivity index (χ0n) is 24.7. The van der Waals surface area contributed by atoms with Crippen molar-refractivity contribution in [1.29, 1.82) is 5.26 Å². The first kappa shape index (κ1) is 30.9. The molecule has 0 aromatic heterocycles. The number of amides is 2. The largest absolute Gasteiger partial charge is 0.413 e. The van der Waals surface area contributed by atoms with Gasteiger partial charge in [-0.25, -0.2) is 8.42 Å². The summed E-state index contributed by atoms with van der Waals surface area (Å²) in [6.45, 7) is 13.3. The molecule has 4 rings (SSSR count). The first-order chi connectivity index (χ1) is 19.1. The van der Waals surface area contributed by atoms with E-state index in [4.69, 9.17) is 4.43 Å². The number of carbonyl (C=O) groups excluding carboxylic acids is 2. The Kier molecular flexibility index (Phi) is 8.80. The summed E-state index contributed by atoms with van der Waals surface area (Å²) in [5, 5.41) is 15.1. The average molecular weight is 597 g/mol.